The summed E-state index contributed by atoms with van der Waals surface area (Å²) >= 11 is 0. The lowest BCUT2D eigenvalue weighted by molar-refractivity contribution is -0.136. The summed E-state index contributed by atoms with van der Waals surface area (Å²) in [6.07, 6.45) is 8.29. The van der Waals surface area contributed by atoms with Crippen molar-refractivity contribution in [2.45, 2.75) is 90.3 Å². The molecular weight excluding hydrogens is 318 g/mol. The summed E-state index contributed by atoms with van der Waals surface area (Å²) in [5.74, 6) is 0.337. The van der Waals surface area contributed by atoms with Crippen molar-refractivity contribution in [1.29, 1.82) is 0 Å². The van der Waals surface area contributed by atoms with Gasteiger partial charge in [-0.3, -0.25) is 4.79 Å². The van der Waals surface area contributed by atoms with E-state index >= 15 is 0 Å². The normalized spacial score (nSPS) is 20.2. The van der Waals surface area contributed by atoms with Crippen molar-refractivity contribution < 1.29 is 15.1 Å². The van der Waals surface area contributed by atoms with Gasteiger partial charge in [0.1, 0.15) is 0 Å². The number of rotatable bonds is 13. The van der Waals surface area contributed by atoms with Crippen molar-refractivity contribution in [3.8, 4) is 0 Å². The molecule has 3 atom stereocenters. The maximum absolute atomic E-state index is 13.1. The van der Waals surface area contributed by atoms with Gasteiger partial charge in [-0.1, -0.05) is 40.0 Å². The van der Waals surface area contributed by atoms with E-state index in [-0.39, 0.29) is 36.6 Å². The van der Waals surface area contributed by atoms with Crippen LogP contribution in [0.3, 0.4) is 0 Å². The molecule has 1 aliphatic rings. The minimum absolute atomic E-state index is 0.0207. The molecule has 25 heavy (non-hydrogen) atoms. The zero-order valence-electron chi connectivity index (χ0n) is 16.3. The molecule has 0 aromatic carbocycles. The van der Waals surface area contributed by atoms with Gasteiger partial charge in [0, 0.05) is 19.1 Å². The van der Waals surface area contributed by atoms with E-state index in [2.05, 4.69) is 31.6 Å². The number of hydrogen-bond acceptors (Lipinski definition) is 5. The van der Waals surface area contributed by atoms with E-state index in [0.717, 1.165) is 45.1 Å². The molecule has 0 aromatic rings. The molecule has 1 rings (SSSR count). The first-order valence-electron chi connectivity index (χ1n) is 10.1. The zero-order valence-corrected chi connectivity index (χ0v) is 16.3. The lowest BCUT2D eigenvalue weighted by atomic mass is 9.97. The largest absolute Gasteiger partial charge is 0.394 e. The molecule has 1 fully saturated rings. The first kappa shape index (κ1) is 22.4. The van der Waals surface area contributed by atoms with E-state index in [9.17, 15) is 9.90 Å². The van der Waals surface area contributed by atoms with Crippen molar-refractivity contribution in [2.75, 3.05) is 19.7 Å². The number of hydroxylamine groups is 1. The Balaban J connectivity index is 2.70. The molecule has 0 saturated carbocycles. The molecule has 0 aromatic heterocycles. The van der Waals surface area contributed by atoms with Gasteiger partial charge in [-0.15, -0.1) is 0 Å². The minimum Gasteiger partial charge on any atom is -0.394 e. The average Bonchev–Trinajstić information content (AvgIpc) is 3.07. The Morgan fingerprint density at radius 1 is 1.24 bits per heavy atom. The smallest absolute Gasteiger partial charge is 0.240 e. The fourth-order valence-electron chi connectivity index (χ4n) is 3.68. The fraction of sp³-hybridized carbons (Fsp3) is 0.947. The molecule has 1 aliphatic heterocycles. The molecule has 0 spiro atoms. The number of aliphatic hydroxyl groups excluding tert-OH is 1. The third-order valence-corrected chi connectivity index (χ3v) is 5.22. The molecule has 4 N–H and O–H groups in total. The second kappa shape index (κ2) is 12.6. The van der Waals surface area contributed by atoms with Crippen LogP contribution in [0, 0.1) is 5.92 Å². The molecule has 1 saturated heterocycles. The standard InChI is InChI=1S/C19H39N3O3/c1-4-5-6-9-16(10-7-12-20-25)21-18(15(2)3)19(24)22-13-8-11-17(22)14-23/h15-18,20-21,23,25H,4-14H2,1-3H3. The molecule has 0 bridgehead atoms. The number of nitrogens with zero attached hydrogens (tertiary/aromatic N) is 1. The zero-order chi connectivity index (χ0) is 18.7. The lowest BCUT2D eigenvalue weighted by Gasteiger charge is -2.33. The van der Waals surface area contributed by atoms with E-state index in [4.69, 9.17) is 5.21 Å². The van der Waals surface area contributed by atoms with E-state index in [0.29, 0.717) is 6.54 Å². The average molecular weight is 358 g/mol. The third kappa shape index (κ3) is 7.60. The Bertz CT molecular complexity index is 356. The van der Waals surface area contributed by atoms with Gasteiger partial charge in [-0.25, -0.2) is 5.48 Å². The monoisotopic (exact) mass is 357 g/mol. The topological polar surface area (TPSA) is 84.8 Å². The molecule has 0 aliphatic carbocycles. The SMILES string of the molecule is CCCCCC(CCCNO)NC(C(=O)N1CCCC1CO)C(C)C. The molecule has 0 radical (unpaired) electrons. The predicted molar refractivity (Wildman–Crippen MR) is 101 cm³/mol. The second-order valence-corrected chi connectivity index (χ2v) is 7.64. The second-order valence-electron chi connectivity index (χ2n) is 7.64. The number of hydrogen-bond donors (Lipinski definition) is 4. The first-order valence-corrected chi connectivity index (χ1v) is 10.1. The van der Waals surface area contributed by atoms with E-state index < -0.39 is 0 Å². The summed E-state index contributed by atoms with van der Waals surface area (Å²) in [6.45, 7) is 7.74. The summed E-state index contributed by atoms with van der Waals surface area (Å²) in [5, 5.41) is 21.9. The highest BCUT2D eigenvalue weighted by molar-refractivity contribution is 5.82. The van der Waals surface area contributed by atoms with Crippen LogP contribution >= 0.6 is 0 Å². The van der Waals surface area contributed by atoms with Crippen LogP contribution in [-0.4, -0.2) is 58.9 Å². The number of likely N-dealkylation sites (tertiary alicyclic amines) is 1. The van der Waals surface area contributed by atoms with Crippen LogP contribution in [0.25, 0.3) is 0 Å². The Morgan fingerprint density at radius 2 is 1.96 bits per heavy atom. The van der Waals surface area contributed by atoms with Crippen LogP contribution in [0.4, 0.5) is 0 Å². The van der Waals surface area contributed by atoms with E-state index in [1.807, 2.05) is 4.90 Å². The summed E-state index contributed by atoms with van der Waals surface area (Å²) in [7, 11) is 0. The number of amides is 1. The predicted octanol–water partition coefficient (Wildman–Crippen LogP) is 2.29. The van der Waals surface area contributed by atoms with Gasteiger partial charge in [-0.2, -0.15) is 0 Å². The molecule has 3 unspecified atom stereocenters. The van der Waals surface area contributed by atoms with E-state index in [1.165, 1.54) is 12.8 Å². The summed E-state index contributed by atoms with van der Waals surface area (Å²) < 4.78 is 0. The Kier molecular flexibility index (Phi) is 11.3. The van der Waals surface area contributed by atoms with Crippen LogP contribution in [0.2, 0.25) is 0 Å². The fourth-order valence-corrected chi connectivity index (χ4v) is 3.68. The van der Waals surface area contributed by atoms with Crippen molar-refractivity contribution >= 4 is 5.91 Å². The number of unbranched alkanes of at least 4 members (excludes halogenated alkanes) is 2. The van der Waals surface area contributed by atoms with Gasteiger partial charge < -0.3 is 20.5 Å². The quantitative estimate of drug-likeness (QED) is 0.300. The molecule has 1 amide bonds. The van der Waals surface area contributed by atoms with Crippen molar-refractivity contribution in [2.24, 2.45) is 5.92 Å². The van der Waals surface area contributed by atoms with Crippen molar-refractivity contribution in [3.05, 3.63) is 0 Å². The molecular formula is C19H39N3O3. The van der Waals surface area contributed by atoms with Crippen molar-refractivity contribution in [1.82, 2.24) is 15.7 Å². The van der Waals surface area contributed by atoms with Crippen LogP contribution in [-0.2, 0) is 4.79 Å². The number of nitrogens with one attached hydrogen (secondary N) is 2. The minimum atomic E-state index is -0.208. The number of aliphatic hydroxyl groups is 1. The summed E-state index contributed by atoms with van der Waals surface area (Å²) in [4.78, 5) is 14.9. The molecule has 6 nitrogen and oxygen atoms in total. The molecule has 148 valence electrons. The van der Waals surface area contributed by atoms with Gasteiger partial charge in [0.25, 0.3) is 0 Å². The summed E-state index contributed by atoms with van der Waals surface area (Å²) in [6, 6.07) is 0.0555. The van der Waals surface area contributed by atoms with Gasteiger partial charge in [0.05, 0.1) is 18.7 Å². The maximum Gasteiger partial charge on any atom is 0.240 e. The van der Waals surface area contributed by atoms with Gasteiger partial charge >= 0.3 is 0 Å². The maximum atomic E-state index is 13.1. The Hall–Kier alpha value is -0.690. The highest BCUT2D eigenvalue weighted by Crippen LogP contribution is 2.21. The number of carbonyl (C=O) groups is 1. The lowest BCUT2D eigenvalue weighted by Crippen LogP contribution is -2.54. The van der Waals surface area contributed by atoms with Gasteiger partial charge in [0.2, 0.25) is 5.91 Å². The van der Waals surface area contributed by atoms with E-state index in [1.54, 1.807) is 0 Å². The Labute approximate surface area is 153 Å². The van der Waals surface area contributed by atoms with Gasteiger partial charge in [-0.05, 0) is 38.0 Å². The van der Waals surface area contributed by atoms with Crippen molar-refractivity contribution in [3.63, 3.8) is 0 Å². The Morgan fingerprint density at radius 3 is 2.56 bits per heavy atom. The highest BCUT2D eigenvalue weighted by Gasteiger charge is 2.34. The molecule has 1 heterocycles. The van der Waals surface area contributed by atoms with Crippen LogP contribution < -0.4 is 10.8 Å². The highest BCUT2D eigenvalue weighted by atomic mass is 16.5. The van der Waals surface area contributed by atoms with Gasteiger partial charge in [0.15, 0.2) is 0 Å². The third-order valence-electron chi connectivity index (χ3n) is 5.22. The molecule has 6 heteroatoms. The van der Waals surface area contributed by atoms with Crippen LogP contribution in [0.5, 0.6) is 0 Å². The number of carbonyl (C=O) groups excluding carboxylic acids is 1. The van der Waals surface area contributed by atoms with Crippen LogP contribution in [0.1, 0.15) is 72.1 Å². The van der Waals surface area contributed by atoms with Crippen LogP contribution in [0.15, 0.2) is 0 Å². The first-order chi connectivity index (χ1) is 12.0. The summed E-state index contributed by atoms with van der Waals surface area (Å²) in [5.41, 5.74) is 2.22.